The molecule has 0 aliphatic heterocycles. The first-order valence-corrected chi connectivity index (χ1v) is 10.5. The molecule has 0 bridgehead atoms. The molecule has 2 N–H and O–H groups in total. The lowest BCUT2D eigenvalue weighted by Crippen LogP contribution is -2.20. The molecule has 0 spiro atoms. The molecule has 6 heteroatoms. The van der Waals surface area contributed by atoms with Crippen LogP contribution in [-0.4, -0.2) is 17.6 Å². The molecule has 1 heterocycles. The zero-order chi connectivity index (χ0) is 23.2. The Balaban J connectivity index is 1.48. The van der Waals surface area contributed by atoms with Crippen LogP contribution in [0.15, 0.2) is 88.6 Å². The van der Waals surface area contributed by atoms with Gasteiger partial charge in [0.2, 0.25) is 0 Å². The number of ether oxygens (including phenoxy) is 1. The van der Waals surface area contributed by atoms with E-state index in [1.807, 2.05) is 36.4 Å². The van der Waals surface area contributed by atoms with Crippen molar-refractivity contribution in [2.24, 2.45) is 0 Å². The summed E-state index contributed by atoms with van der Waals surface area (Å²) < 4.78 is 11.2. The summed E-state index contributed by atoms with van der Waals surface area (Å²) in [6.45, 7) is 4.16. The first-order chi connectivity index (χ1) is 16.1. The zero-order valence-electron chi connectivity index (χ0n) is 17.9. The molecule has 4 rings (SSSR count). The number of nitrogens with one attached hydrogen (secondary N) is 1. The third-order valence-electron chi connectivity index (χ3n) is 5.19. The molecular formula is C27H23NO5. The first-order valence-electron chi connectivity index (χ1n) is 10.5. The first kappa shape index (κ1) is 22.0. The van der Waals surface area contributed by atoms with Crippen molar-refractivity contribution in [1.82, 2.24) is 0 Å². The number of hydrogen-bond acceptors (Lipinski definition) is 5. The van der Waals surface area contributed by atoms with Gasteiger partial charge in [0, 0.05) is 23.7 Å². The van der Waals surface area contributed by atoms with E-state index in [-0.39, 0.29) is 12.2 Å². The Kier molecular flexibility index (Phi) is 6.66. The molecule has 1 aromatic heterocycles. The maximum atomic E-state index is 12.6. The smallest absolute Gasteiger partial charge is 0.349 e. The van der Waals surface area contributed by atoms with Gasteiger partial charge in [-0.1, -0.05) is 49.1 Å². The fraction of sp³-hybridized carbons (Fsp3) is 0.111. The number of carbonyl (C=O) groups excluding carboxylic acids is 1. The summed E-state index contributed by atoms with van der Waals surface area (Å²) in [5.41, 5.74) is 3.05. The summed E-state index contributed by atoms with van der Waals surface area (Å²) in [6.07, 6.45) is 2.31. The van der Waals surface area contributed by atoms with Crippen LogP contribution in [-0.2, 0) is 13.0 Å². The summed E-state index contributed by atoms with van der Waals surface area (Å²) in [7, 11) is 0. The van der Waals surface area contributed by atoms with Crippen LogP contribution in [0.25, 0.3) is 17.0 Å². The Labute approximate surface area is 190 Å². The molecule has 1 amide bonds. The highest BCUT2D eigenvalue weighted by Gasteiger charge is 2.14. The molecule has 0 unspecified atom stereocenters. The predicted molar refractivity (Wildman–Crippen MR) is 129 cm³/mol. The fourth-order valence-electron chi connectivity index (χ4n) is 3.34. The predicted octanol–water partition coefficient (Wildman–Crippen LogP) is 4.80. The van der Waals surface area contributed by atoms with Gasteiger partial charge >= 0.3 is 5.63 Å². The zero-order valence-corrected chi connectivity index (χ0v) is 17.9. The van der Waals surface area contributed by atoms with Crippen molar-refractivity contribution in [2.45, 2.75) is 13.0 Å². The number of anilines is 1. The maximum absolute atomic E-state index is 12.6. The molecule has 6 nitrogen and oxygen atoms in total. The minimum absolute atomic E-state index is 0.0550. The second-order valence-electron chi connectivity index (χ2n) is 7.51. The molecule has 0 saturated heterocycles. The summed E-state index contributed by atoms with van der Waals surface area (Å²) in [6, 6.07) is 21.6. The van der Waals surface area contributed by atoms with Crippen LogP contribution in [0.5, 0.6) is 5.75 Å². The molecule has 166 valence electrons. The lowest BCUT2D eigenvalue weighted by molar-refractivity contribution is 0.102. The van der Waals surface area contributed by atoms with Gasteiger partial charge in [0.25, 0.3) is 5.91 Å². The van der Waals surface area contributed by atoms with Gasteiger partial charge < -0.3 is 19.6 Å². The van der Waals surface area contributed by atoms with Crippen molar-refractivity contribution < 1.29 is 19.1 Å². The Hall–Kier alpha value is -4.16. The Morgan fingerprint density at radius 3 is 2.42 bits per heavy atom. The molecule has 3 aromatic carbocycles. The van der Waals surface area contributed by atoms with E-state index in [0.717, 1.165) is 16.7 Å². The van der Waals surface area contributed by atoms with E-state index in [2.05, 4.69) is 11.9 Å². The number of benzene rings is 3. The maximum Gasteiger partial charge on any atom is 0.349 e. The third kappa shape index (κ3) is 5.37. The highest BCUT2D eigenvalue weighted by Crippen LogP contribution is 2.22. The second-order valence-corrected chi connectivity index (χ2v) is 7.51. The van der Waals surface area contributed by atoms with Crippen molar-refractivity contribution in [3.8, 4) is 5.75 Å². The van der Waals surface area contributed by atoms with Gasteiger partial charge in [-0.25, -0.2) is 4.79 Å². The Morgan fingerprint density at radius 2 is 1.73 bits per heavy atom. The monoisotopic (exact) mass is 441 g/mol. The molecule has 0 fully saturated rings. The van der Waals surface area contributed by atoms with Crippen molar-refractivity contribution >= 4 is 28.6 Å². The van der Waals surface area contributed by atoms with Gasteiger partial charge in [0.05, 0.1) is 0 Å². The molecule has 0 radical (unpaired) electrons. The van der Waals surface area contributed by atoms with E-state index in [4.69, 9.17) is 14.3 Å². The molecule has 0 atom stereocenters. The van der Waals surface area contributed by atoms with E-state index in [1.165, 1.54) is 6.07 Å². The largest absolute Gasteiger partial charge is 0.489 e. The van der Waals surface area contributed by atoms with Crippen LogP contribution in [0.1, 0.15) is 27.0 Å². The molecular weight excluding hydrogens is 418 g/mol. The minimum atomic E-state index is -0.728. The fourth-order valence-corrected chi connectivity index (χ4v) is 3.34. The van der Waals surface area contributed by atoms with E-state index < -0.39 is 11.5 Å². The second kappa shape index (κ2) is 9.97. The average molecular weight is 441 g/mol. The summed E-state index contributed by atoms with van der Waals surface area (Å²) in [4.78, 5) is 25.1. The molecule has 0 saturated carbocycles. The van der Waals surface area contributed by atoms with Gasteiger partial charge in [-0.3, -0.25) is 4.79 Å². The molecule has 0 aliphatic rings. The van der Waals surface area contributed by atoms with E-state index >= 15 is 0 Å². The molecule has 33 heavy (non-hydrogen) atoms. The van der Waals surface area contributed by atoms with Gasteiger partial charge in [0.1, 0.15) is 23.5 Å². The highest BCUT2D eigenvalue weighted by molar-refractivity contribution is 6.05. The number of amides is 1. The van der Waals surface area contributed by atoms with Crippen LogP contribution < -0.4 is 15.7 Å². The lowest BCUT2D eigenvalue weighted by atomic mass is 10.1. The average Bonchev–Trinajstić information content (AvgIpc) is 2.84. The summed E-state index contributed by atoms with van der Waals surface area (Å²) >= 11 is 0. The van der Waals surface area contributed by atoms with Crippen LogP contribution in [0, 0.1) is 0 Å². The number of carbonyl (C=O) groups is 1. The van der Waals surface area contributed by atoms with Crippen LogP contribution in [0.2, 0.25) is 0 Å². The Morgan fingerprint density at radius 1 is 1.00 bits per heavy atom. The lowest BCUT2D eigenvalue weighted by Gasteiger charge is -2.09. The third-order valence-corrected chi connectivity index (χ3v) is 5.19. The molecule has 0 aliphatic carbocycles. The summed E-state index contributed by atoms with van der Waals surface area (Å²) in [5.74, 6) is 0.00229. The van der Waals surface area contributed by atoms with Gasteiger partial charge in [-0.15, -0.1) is 0 Å². The van der Waals surface area contributed by atoms with Crippen molar-refractivity contribution in [3.63, 3.8) is 0 Å². The van der Waals surface area contributed by atoms with E-state index in [0.29, 0.717) is 35.4 Å². The number of aliphatic hydroxyl groups excluding tert-OH is 1. The van der Waals surface area contributed by atoms with Gasteiger partial charge in [-0.2, -0.15) is 0 Å². The SMILES string of the molecule is C=Cc1ccc(COc2ccc3cc(C(=O)Nc4ccc(CCO)cc4)c(=O)oc3c2)cc1. The van der Waals surface area contributed by atoms with Crippen molar-refractivity contribution in [1.29, 1.82) is 0 Å². The normalized spacial score (nSPS) is 10.7. The Bertz CT molecular complexity index is 1340. The summed E-state index contributed by atoms with van der Waals surface area (Å²) in [5, 5.41) is 12.3. The van der Waals surface area contributed by atoms with E-state index in [9.17, 15) is 9.59 Å². The molecule has 4 aromatic rings. The van der Waals surface area contributed by atoms with E-state index in [1.54, 1.807) is 36.4 Å². The topological polar surface area (TPSA) is 88.8 Å². The minimum Gasteiger partial charge on any atom is -0.489 e. The van der Waals surface area contributed by atoms with Crippen molar-refractivity contribution in [3.05, 3.63) is 112 Å². The highest BCUT2D eigenvalue weighted by atomic mass is 16.5. The standard InChI is InChI=1S/C27H23NO5/c1-2-18-3-5-20(6-4-18)17-32-23-12-9-21-15-24(27(31)33-25(21)16-23)26(30)28-22-10-7-19(8-11-22)13-14-29/h2-12,15-16,29H,1,13-14,17H2,(H,28,30). The van der Waals surface area contributed by atoms with Crippen LogP contribution in [0.3, 0.4) is 0 Å². The van der Waals surface area contributed by atoms with Gasteiger partial charge in [-0.05, 0) is 53.4 Å². The number of rotatable bonds is 8. The van der Waals surface area contributed by atoms with Crippen molar-refractivity contribution in [2.75, 3.05) is 11.9 Å². The number of aliphatic hydroxyl groups is 1. The number of fused-ring (bicyclic) bond motifs is 1. The van der Waals surface area contributed by atoms with Crippen LogP contribution in [0.4, 0.5) is 5.69 Å². The number of hydrogen-bond donors (Lipinski definition) is 2. The van der Waals surface area contributed by atoms with Crippen LogP contribution >= 0.6 is 0 Å². The quantitative estimate of drug-likeness (QED) is 0.384. The van der Waals surface area contributed by atoms with Gasteiger partial charge in [0.15, 0.2) is 0 Å².